The standard InChI is InChI=1S/C7H14O3/c1-5(9)6(10)7(2,3)4-8/h5,8-9H,4H2,1-3H3. The number of hydrogen-bond donors (Lipinski definition) is 2. The number of rotatable bonds is 3. The molecule has 0 fully saturated rings. The maximum atomic E-state index is 11.0. The van der Waals surface area contributed by atoms with Gasteiger partial charge in [0.2, 0.25) is 0 Å². The normalized spacial score (nSPS) is 14.9. The zero-order valence-corrected chi connectivity index (χ0v) is 6.59. The van der Waals surface area contributed by atoms with E-state index in [-0.39, 0.29) is 12.4 Å². The molecule has 3 heteroatoms. The molecule has 2 N–H and O–H groups in total. The van der Waals surface area contributed by atoms with Crippen molar-refractivity contribution in [2.45, 2.75) is 26.9 Å². The number of carbonyl (C=O) groups is 1. The topological polar surface area (TPSA) is 57.5 Å². The fraction of sp³-hybridized carbons (Fsp3) is 0.857. The summed E-state index contributed by atoms with van der Waals surface area (Å²) in [5.41, 5.74) is -0.811. The summed E-state index contributed by atoms with van der Waals surface area (Å²) in [6, 6.07) is 0. The van der Waals surface area contributed by atoms with Gasteiger partial charge >= 0.3 is 0 Å². The molecule has 1 unspecified atom stereocenters. The zero-order chi connectivity index (χ0) is 8.36. The van der Waals surface area contributed by atoms with E-state index in [1.165, 1.54) is 6.92 Å². The van der Waals surface area contributed by atoms with Crippen molar-refractivity contribution >= 4 is 5.78 Å². The molecule has 0 saturated carbocycles. The first-order valence-corrected chi connectivity index (χ1v) is 3.25. The third-order valence-electron chi connectivity index (χ3n) is 1.44. The van der Waals surface area contributed by atoms with Gasteiger partial charge in [0.15, 0.2) is 5.78 Å². The first-order valence-electron chi connectivity index (χ1n) is 3.25. The minimum atomic E-state index is -0.984. The van der Waals surface area contributed by atoms with Crippen LogP contribution in [0.3, 0.4) is 0 Å². The molecule has 0 spiro atoms. The Bertz CT molecular complexity index is 127. The number of ketones is 1. The van der Waals surface area contributed by atoms with Crippen molar-refractivity contribution in [1.29, 1.82) is 0 Å². The first kappa shape index (κ1) is 9.59. The molecule has 0 amide bonds. The second-order valence-corrected chi connectivity index (χ2v) is 3.08. The maximum absolute atomic E-state index is 11.0. The smallest absolute Gasteiger partial charge is 0.168 e. The first-order chi connectivity index (χ1) is 4.41. The van der Waals surface area contributed by atoms with Crippen LogP contribution in [0, 0.1) is 5.41 Å². The van der Waals surface area contributed by atoms with Crippen molar-refractivity contribution in [3.05, 3.63) is 0 Å². The van der Waals surface area contributed by atoms with E-state index in [4.69, 9.17) is 10.2 Å². The summed E-state index contributed by atoms with van der Waals surface area (Å²) in [5.74, 6) is -0.324. The summed E-state index contributed by atoms with van der Waals surface area (Å²) in [6.07, 6.45) is -0.984. The van der Waals surface area contributed by atoms with E-state index < -0.39 is 11.5 Å². The lowest BCUT2D eigenvalue weighted by Gasteiger charge is -2.20. The Kier molecular flexibility index (Phi) is 2.99. The van der Waals surface area contributed by atoms with Crippen LogP contribution in [0.25, 0.3) is 0 Å². The predicted octanol–water partition coefficient (Wildman–Crippen LogP) is -0.0452. The highest BCUT2D eigenvalue weighted by Gasteiger charge is 2.29. The van der Waals surface area contributed by atoms with Crippen LogP contribution in [-0.4, -0.2) is 28.7 Å². The van der Waals surface area contributed by atoms with Crippen LogP contribution in [-0.2, 0) is 4.79 Å². The second kappa shape index (κ2) is 3.12. The Balaban J connectivity index is 4.19. The molecular formula is C7H14O3. The zero-order valence-electron chi connectivity index (χ0n) is 6.59. The van der Waals surface area contributed by atoms with Gasteiger partial charge in [0, 0.05) is 5.41 Å². The Hall–Kier alpha value is -0.410. The highest BCUT2D eigenvalue weighted by atomic mass is 16.3. The van der Waals surface area contributed by atoms with Gasteiger partial charge in [-0.3, -0.25) is 4.79 Å². The Morgan fingerprint density at radius 3 is 2.10 bits per heavy atom. The Morgan fingerprint density at radius 2 is 2.00 bits per heavy atom. The number of carbonyl (C=O) groups excluding carboxylic acids is 1. The van der Waals surface area contributed by atoms with Crippen molar-refractivity contribution in [1.82, 2.24) is 0 Å². The van der Waals surface area contributed by atoms with Gasteiger partial charge in [0.1, 0.15) is 6.10 Å². The molecule has 0 aromatic rings. The molecule has 10 heavy (non-hydrogen) atoms. The summed E-state index contributed by atoms with van der Waals surface area (Å²) >= 11 is 0. The fourth-order valence-corrected chi connectivity index (χ4v) is 0.643. The molecule has 0 aromatic carbocycles. The van der Waals surface area contributed by atoms with Gasteiger partial charge in [0.05, 0.1) is 6.61 Å². The van der Waals surface area contributed by atoms with E-state index in [9.17, 15) is 4.79 Å². The van der Waals surface area contributed by atoms with Crippen molar-refractivity contribution in [3.63, 3.8) is 0 Å². The minimum Gasteiger partial charge on any atom is -0.395 e. The SMILES string of the molecule is CC(O)C(=O)C(C)(C)CO. The van der Waals surface area contributed by atoms with Gasteiger partial charge < -0.3 is 10.2 Å². The lowest BCUT2D eigenvalue weighted by atomic mass is 9.87. The van der Waals surface area contributed by atoms with Crippen LogP contribution in [0.1, 0.15) is 20.8 Å². The Labute approximate surface area is 60.7 Å². The molecule has 0 aliphatic carbocycles. The van der Waals surface area contributed by atoms with Crippen molar-refractivity contribution < 1.29 is 15.0 Å². The second-order valence-electron chi connectivity index (χ2n) is 3.08. The van der Waals surface area contributed by atoms with Crippen molar-refractivity contribution in [2.24, 2.45) is 5.41 Å². The largest absolute Gasteiger partial charge is 0.395 e. The van der Waals surface area contributed by atoms with Crippen LogP contribution in [0.2, 0.25) is 0 Å². The van der Waals surface area contributed by atoms with Crippen LogP contribution >= 0.6 is 0 Å². The van der Waals surface area contributed by atoms with E-state index in [1.54, 1.807) is 13.8 Å². The van der Waals surface area contributed by atoms with E-state index in [1.807, 2.05) is 0 Å². The maximum Gasteiger partial charge on any atom is 0.168 e. The molecule has 60 valence electrons. The van der Waals surface area contributed by atoms with Gasteiger partial charge in [-0.15, -0.1) is 0 Å². The van der Waals surface area contributed by atoms with Crippen LogP contribution in [0.5, 0.6) is 0 Å². The van der Waals surface area contributed by atoms with Gasteiger partial charge in [0.25, 0.3) is 0 Å². The molecule has 0 aliphatic rings. The summed E-state index contributed by atoms with van der Waals surface area (Å²) in [5, 5.41) is 17.5. The third-order valence-corrected chi connectivity index (χ3v) is 1.44. The molecule has 0 heterocycles. The summed E-state index contributed by atoms with van der Waals surface area (Å²) in [6.45, 7) is 4.38. The van der Waals surface area contributed by atoms with E-state index in [2.05, 4.69) is 0 Å². The van der Waals surface area contributed by atoms with Crippen molar-refractivity contribution in [2.75, 3.05) is 6.61 Å². The molecule has 0 saturated heterocycles. The quantitative estimate of drug-likeness (QED) is 0.587. The van der Waals surface area contributed by atoms with E-state index >= 15 is 0 Å². The van der Waals surface area contributed by atoms with Gasteiger partial charge in [-0.05, 0) is 6.92 Å². The lowest BCUT2D eigenvalue weighted by Crippen LogP contribution is -2.35. The summed E-state index contributed by atoms with van der Waals surface area (Å²) in [7, 11) is 0. The van der Waals surface area contributed by atoms with Crippen LogP contribution in [0.15, 0.2) is 0 Å². The molecule has 0 radical (unpaired) electrons. The highest BCUT2D eigenvalue weighted by molar-refractivity contribution is 5.87. The molecule has 0 rings (SSSR count). The Morgan fingerprint density at radius 1 is 1.60 bits per heavy atom. The lowest BCUT2D eigenvalue weighted by molar-refractivity contribution is -0.136. The van der Waals surface area contributed by atoms with Crippen LogP contribution in [0.4, 0.5) is 0 Å². The van der Waals surface area contributed by atoms with Crippen molar-refractivity contribution in [3.8, 4) is 0 Å². The van der Waals surface area contributed by atoms with E-state index in [0.717, 1.165) is 0 Å². The predicted molar refractivity (Wildman–Crippen MR) is 37.6 cm³/mol. The molecule has 0 aromatic heterocycles. The average molecular weight is 146 g/mol. The molecule has 1 atom stereocenters. The number of aliphatic hydroxyl groups is 2. The van der Waals surface area contributed by atoms with E-state index in [0.29, 0.717) is 0 Å². The average Bonchev–Trinajstić information content (AvgIpc) is 1.86. The van der Waals surface area contributed by atoms with Gasteiger partial charge in [-0.1, -0.05) is 13.8 Å². The molecule has 0 bridgehead atoms. The number of Topliss-reactive ketones (excluding diaryl/α,β-unsaturated/α-hetero) is 1. The number of hydrogen-bond acceptors (Lipinski definition) is 3. The molecule has 3 nitrogen and oxygen atoms in total. The summed E-state index contributed by atoms with van der Waals surface area (Å²) in [4.78, 5) is 11.0. The molecular weight excluding hydrogens is 132 g/mol. The minimum absolute atomic E-state index is 0.225. The third kappa shape index (κ3) is 2.08. The van der Waals surface area contributed by atoms with Gasteiger partial charge in [-0.2, -0.15) is 0 Å². The molecule has 0 aliphatic heterocycles. The van der Waals surface area contributed by atoms with Crippen LogP contribution < -0.4 is 0 Å². The summed E-state index contributed by atoms with van der Waals surface area (Å²) < 4.78 is 0. The van der Waals surface area contributed by atoms with Gasteiger partial charge in [-0.25, -0.2) is 0 Å². The fourth-order valence-electron chi connectivity index (χ4n) is 0.643. The monoisotopic (exact) mass is 146 g/mol. The number of aliphatic hydroxyl groups excluding tert-OH is 2. The highest BCUT2D eigenvalue weighted by Crippen LogP contribution is 2.16.